The van der Waals surface area contributed by atoms with Crippen LogP contribution in [-0.4, -0.2) is 31.1 Å². The molecule has 0 bridgehead atoms. The Balaban J connectivity index is 2.61. The first-order valence-corrected chi connectivity index (χ1v) is 8.29. The van der Waals surface area contributed by atoms with Crippen LogP contribution in [0, 0.1) is 0 Å². The zero-order chi connectivity index (χ0) is 16.2. The van der Waals surface area contributed by atoms with Crippen LogP contribution in [0.2, 0.25) is 0 Å². The third-order valence-electron chi connectivity index (χ3n) is 2.82. The van der Waals surface area contributed by atoms with Gasteiger partial charge in [0, 0.05) is 6.08 Å². The first-order chi connectivity index (χ1) is 10.5. The molecule has 0 atom stereocenters. The predicted molar refractivity (Wildman–Crippen MR) is 79.7 cm³/mol. The summed E-state index contributed by atoms with van der Waals surface area (Å²) >= 11 is 0. The largest absolute Gasteiger partial charge is 0.478 e. The van der Waals surface area contributed by atoms with Crippen LogP contribution in [0.25, 0.3) is 6.08 Å². The summed E-state index contributed by atoms with van der Waals surface area (Å²) in [6, 6.07) is 3.21. The van der Waals surface area contributed by atoms with Crippen LogP contribution >= 0.6 is 7.60 Å². The second kappa shape index (κ2) is 6.96. The number of carbonyl (C=O) groups is 1. The molecule has 1 aromatic carbocycles. The minimum atomic E-state index is -3.66. The molecule has 1 heterocycles. The van der Waals surface area contributed by atoms with Gasteiger partial charge >= 0.3 is 13.6 Å². The van der Waals surface area contributed by atoms with Crippen LogP contribution < -0.4 is 14.8 Å². The van der Waals surface area contributed by atoms with E-state index >= 15 is 0 Å². The second-order valence-electron chi connectivity index (χ2n) is 4.24. The fourth-order valence-electron chi connectivity index (χ4n) is 2.06. The molecule has 0 unspecified atom stereocenters. The van der Waals surface area contributed by atoms with Gasteiger partial charge < -0.3 is 23.6 Å². The highest BCUT2D eigenvalue weighted by atomic mass is 31.2. The summed E-state index contributed by atoms with van der Waals surface area (Å²) in [4.78, 5) is 10.7. The van der Waals surface area contributed by atoms with Crippen molar-refractivity contribution in [1.82, 2.24) is 0 Å². The van der Waals surface area contributed by atoms with E-state index in [1.165, 1.54) is 6.08 Å². The Hall–Kier alpha value is -1.82. The summed E-state index contributed by atoms with van der Waals surface area (Å²) in [6.45, 7) is 3.72. The molecule has 0 spiro atoms. The number of aliphatic carboxylic acids is 1. The average Bonchev–Trinajstić information content (AvgIpc) is 2.92. The van der Waals surface area contributed by atoms with Crippen molar-refractivity contribution in [3.63, 3.8) is 0 Å². The smallest absolute Gasteiger partial charge is 0.365 e. The summed E-state index contributed by atoms with van der Waals surface area (Å²) in [5, 5.41) is 8.98. The molecule has 8 heteroatoms. The molecule has 0 amide bonds. The van der Waals surface area contributed by atoms with Gasteiger partial charge in [0.25, 0.3) is 0 Å². The summed E-state index contributed by atoms with van der Waals surface area (Å²) < 4.78 is 34.4. The molecule has 2 rings (SSSR count). The zero-order valence-electron chi connectivity index (χ0n) is 12.3. The van der Waals surface area contributed by atoms with Gasteiger partial charge in [0.2, 0.25) is 6.79 Å². The molecular formula is C14H17O7P. The maximum atomic E-state index is 13.1. The van der Waals surface area contributed by atoms with E-state index in [0.29, 0.717) is 11.3 Å². The average molecular weight is 328 g/mol. The van der Waals surface area contributed by atoms with Gasteiger partial charge in [-0.15, -0.1) is 0 Å². The number of rotatable bonds is 7. The van der Waals surface area contributed by atoms with Crippen LogP contribution in [0.3, 0.4) is 0 Å². The van der Waals surface area contributed by atoms with Crippen molar-refractivity contribution in [2.45, 2.75) is 13.8 Å². The normalized spacial score (nSPS) is 13.7. The lowest BCUT2D eigenvalue weighted by molar-refractivity contribution is -0.131. The maximum Gasteiger partial charge on any atom is 0.365 e. The first-order valence-electron chi connectivity index (χ1n) is 6.75. The molecular weight excluding hydrogens is 311 g/mol. The Morgan fingerprint density at radius 1 is 1.32 bits per heavy atom. The highest BCUT2D eigenvalue weighted by Gasteiger charge is 2.36. The molecule has 1 aliphatic rings. The van der Waals surface area contributed by atoms with Crippen LogP contribution in [0.5, 0.6) is 11.5 Å². The summed E-state index contributed by atoms with van der Waals surface area (Å²) in [6.07, 6.45) is 2.27. The quantitative estimate of drug-likeness (QED) is 0.607. The molecule has 120 valence electrons. The fraction of sp³-hybridized carbons (Fsp3) is 0.357. The Kier molecular flexibility index (Phi) is 5.24. The number of fused-ring (bicyclic) bond motifs is 1. The molecule has 1 aromatic rings. The number of hydrogen-bond acceptors (Lipinski definition) is 6. The third-order valence-corrected chi connectivity index (χ3v) is 5.03. The van der Waals surface area contributed by atoms with Crippen molar-refractivity contribution in [2.24, 2.45) is 0 Å². The van der Waals surface area contributed by atoms with Gasteiger partial charge in [0.15, 0.2) is 11.5 Å². The summed E-state index contributed by atoms with van der Waals surface area (Å²) in [7, 11) is -3.66. The third kappa shape index (κ3) is 3.32. The van der Waals surface area contributed by atoms with Gasteiger partial charge in [-0.3, -0.25) is 4.57 Å². The van der Waals surface area contributed by atoms with Crippen molar-refractivity contribution >= 4 is 24.9 Å². The van der Waals surface area contributed by atoms with Crippen molar-refractivity contribution in [3.8, 4) is 11.5 Å². The first kappa shape index (κ1) is 16.5. The zero-order valence-corrected chi connectivity index (χ0v) is 13.2. The number of ether oxygens (including phenoxy) is 2. The van der Waals surface area contributed by atoms with Crippen molar-refractivity contribution in [2.75, 3.05) is 20.0 Å². The van der Waals surface area contributed by atoms with Gasteiger partial charge in [-0.1, -0.05) is 6.07 Å². The number of benzene rings is 1. The van der Waals surface area contributed by atoms with Crippen LogP contribution in [-0.2, 0) is 18.4 Å². The van der Waals surface area contributed by atoms with Gasteiger partial charge in [-0.2, -0.15) is 0 Å². The standard InChI is InChI=1S/C14H17O7P/c1-3-20-22(17,21-4-2)14-10(6-8-12(15)16)5-7-11-13(14)19-9-18-11/h5-8H,3-4,9H2,1-2H3,(H,15,16). The number of carboxylic acid groups (broad SMARTS) is 1. The molecule has 0 saturated heterocycles. The van der Waals surface area contributed by atoms with Crippen molar-refractivity contribution in [1.29, 1.82) is 0 Å². The molecule has 0 aromatic heterocycles. The van der Waals surface area contributed by atoms with Gasteiger partial charge in [-0.25, -0.2) is 4.79 Å². The van der Waals surface area contributed by atoms with Crippen molar-refractivity contribution in [3.05, 3.63) is 23.8 Å². The Bertz CT molecular complexity index is 628. The summed E-state index contributed by atoms with van der Waals surface area (Å²) in [5.74, 6) is -0.439. The minimum Gasteiger partial charge on any atom is -0.478 e. The fourth-order valence-corrected chi connectivity index (χ4v) is 3.96. The molecule has 0 fully saturated rings. The highest BCUT2D eigenvalue weighted by Crippen LogP contribution is 2.53. The van der Waals surface area contributed by atoms with E-state index in [4.69, 9.17) is 23.6 Å². The second-order valence-corrected chi connectivity index (χ2v) is 6.20. The number of carboxylic acids is 1. The molecule has 22 heavy (non-hydrogen) atoms. The van der Waals surface area contributed by atoms with Crippen LogP contribution in [0.4, 0.5) is 0 Å². The molecule has 1 aliphatic heterocycles. The van der Waals surface area contributed by atoms with Gasteiger partial charge in [-0.05, 0) is 31.6 Å². The van der Waals surface area contributed by atoms with E-state index in [-0.39, 0.29) is 31.1 Å². The van der Waals surface area contributed by atoms with E-state index in [0.717, 1.165) is 6.08 Å². The number of hydrogen-bond donors (Lipinski definition) is 1. The lowest BCUT2D eigenvalue weighted by Gasteiger charge is -2.20. The Labute approximate surface area is 128 Å². The van der Waals surface area contributed by atoms with Crippen LogP contribution in [0.1, 0.15) is 19.4 Å². The summed E-state index contributed by atoms with van der Waals surface area (Å²) in [5.41, 5.74) is 0.386. The Morgan fingerprint density at radius 3 is 2.59 bits per heavy atom. The van der Waals surface area contributed by atoms with E-state index in [1.807, 2.05) is 0 Å². The predicted octanol–water partition coefficient (Wildman–Crippen LogP) is 2.40. The van der Waals surface area contributed by atoms with E-state index < -0.39 is 13.6 Å². The maximum absolute atomic E-state index is 13.1. The molecule has 7 nitrogen and oxygen atoms in total. The topological polar surface area (TPSA) is 91.3 Å². The minimum absolute atomic E-state index is 0.00726. The van der Waals surface area contributed by atoms with E-state index in [9.17, 15) is 9.36 Å². The van der Waals surface area contributed by atoms with Crippen molar-refractivity contribution < 1.29 is 33.0 Å². The van der Waals surface area contributed by atoms with Crippen LogP contribution in [0.15, 0.2) is 18.2 Å². The molecule has 0 aliphatic carbocycles. The Morgan fingerprint density at radius 2 is 2.00 bits per heavy atom. The van der Waals surface area contributed by atoms with Gasteiger partial charge in [0.1, 0.15) is 5.30 Å². The lowest BCUT2D eigenvalue weighted by atomic mass is 10.2. The van der Waals surface area contributed by atoms with E-state index in [1.54, 1.807) is 26.0 Å². The molecule has 0 radical (unpaired) electrons. The molecule has 0 saturated carbocycles. The van der Waals surface area contributed by atoms with E-state index in [2.05, 4.69) is 0 Å². The molecule has 1 N–H and O–H groups in total. The van der Waals surface area contributed by atoms with Gasteiger partial charge in [0.05, 0.1) is 13.2 Å². The monoisotopic (exact) mass is 328 g/mol. The lowest BCUT2D eigenvalue weighted by Crippen LogP contribution is -2.16. The SMILES string of the molecule is CCOP(=O)(OCC)c1c(C=CC(=O)O)ccc2c1OCO2. The highest BCUT2D eigenvalue weighted by molar-refractivity contribution is 7.62.